The summed E-state index contributed by atoms with van der Waals surface area (Å²) in [6, 6.07) is 2.10. The molecule has 0 radical (unpaired) electrons. The number of carbonyl (C=O) groups excluding carboxylic acids is 1. The second-order valence-electron chi connectivity index (χ2n) is 14.6. The van der Waals surface area contributed by atoms with E-state index in [9.17, 15) is 4.79 Å². The summed E-state index contributed by atoms with van der Waals surface area (Å²) >= 11 is 13.8. The van der Waals surface area contributed by atoms with Crippen molar-refractivity contribution in [3.8, 4) is 11.1 Å². The van der Waals surface area contributed by atoms with Crippen LogP contribution in [0.5, 0.6) is 0 Å². The number of nitrogens with one attached hydrogen (secondary N) is 1. The summed E-state index contributed by atoms with van der Waals surface area (Å²) in [5.41, 5.74) is 3.87. The number of rotatable bonds is 6. The molecular weight excluding hydrogens is 623 g/mol. The fraction of sp³-hybridized carbons (Fsp3) is 0.545. The third-order valence-electron chi connectivity index (χ3n) is 11.0. The highest BCUT2D eigenvalue weighted by Crippen LogP contribution is 2.56. The van der Waals surface area contributed by atoms with Crippen molar-refractivity contribution in [2.45, 2.75) is 71.1 Å². The van der Waals surface area contributed by atoms with Crippen LogP contribution in [0.3, 0.4) is 0 Å². The molecule has 3 aromatic heterocycles. The number of hydrogen-bond acceptors (Lipinski definition) is 7. The Bertz CT molecular complexity index is 1840. The Balaban J connectivity index is 1.11. The molecule has 4 aliphatic rings. The van der Waals surface area contributed by atoms with Crippen LogP contribution in [-0.4, -0.2) is 88.7 Å². The number of benzene rings is 1. The topological polar surface area (TPSA) is 104 Å². The maximum atomic E-state index is 12.1. The molecule has 1 spiro atoms. The zero-order valence-electron chi connectivity index (χ0n) is 26.6. The minimum Gasteiger partial charge on any atom is -0.349 e. The summed E-state index contributed by atoms with van der Waals surface area (Å²) in [7, 11) is 0. The van der Waals surface area contributed by atoms with Crippen LogP contribution in [0.1, 0.15) is 57.1 Å². The minimum absolute atomic E-state index is 0.0165. The molecule has 13 heteroatoms. The van der Waals surface area contributed by atoms with Gasteiger partial charge < -0.3 is 14.4 Å². The van der Waals surface area contributed by atoms with E-state index in [2.05, 4.69) is 66.8 Å². The second kappa shape index (κ2) is 10.8. The van der Waals surface area contributed by atoms with Crippen molar-refractivity contribution in [1.29, 1.82) is 0 Å². The third-order valence-corrected chi connectivity index (χ3v) is 11.8. The Morgan fingerprint density at radius 2 is 1.96 bits per heavy atom. The maximum absolute atomic E-state index is 12.1. The zero-order chi connectivity index (χ0) is 32.0. The Morgan fingerprint density at radius 1 is 1.15 bits per heavy atom. The van der Waals surface area contributed by atoms with Gasteiger partial charge in [0.15, 0.2) is 5.82 Å². The fourth-order valence-corrected chi connectivity index (χ4v) is 9.21. The number of hydrogen-bond donors (Lipinski definition) is 1. The number of aromatic amines is 1. The van der Waals surface area contributed by atoms with E-state index in [-0.39, 0.29) is 22.9 Å². The molecule has 46 heavy (non-hydrogen) atoms. The summed E-state index contributed by atoms with van der Waals surface area (Å²) < 4.78 is 4.38. The SMILES string of the molecule is C=CC(=O)N1CC2(CC(n3nc(N4CC[C@@H](CN5CCn6cnnc6C5)CC4(C)C)c(-c4c(Cl)c(Cl)cc5[nH]ncc45)c3C)C2)C1. The molecule has 1 amide bonds. The molecule has 1 atom stereocenters. The summed E-state index contributed by atoms with van der Waals surface area (Å²) in [4.78, 5) is 19.0. The Labute approximate surface area is 278 Å². The summed E-state index contributed by atoms with van der Waals surface area (Å²) in [5, 5.41) is 23.2. The first kappa shape index (κ1) is 30.0. The highest BCUT2D eigenvalue weighted by atomic mass is 35.5. The van der Waals surface area contributed by atoms with Crippen molar-refractivity contribution in [1.82, 2.24) is 44.5 Å². The normalized spacial score (nSPS) is 22.6. The van der Waals surface area contributed by atoms with Gasteiger partial charge in [-0.3, -0.25) is 19.5 Å². The van der Waals surface area contributed by atoms with E-state index in [4.69, 9.17) is 28.3 Å². The molecule has 242 valence electrons. The van der Waals surface area contributed by atoms with Crippen LogP contribution >= 0.6 is 23.2 Å². The van der Waals surface area contributed by atoms with E-state index >= 15 is 0 Å². The van der Waals surface area contributed by atoms with Gasteiger partial charge in [0.25, 0.3) is 0 Å². The third kappa shape index (κ3) is 4.76. The average molecular weight is 664 g/mol. The van der Waals surface area contributed by atoms with Crippen LogP contribution in [0.4, 0.5) is 5.82 Å². The van der Waals surface area contributed by atoms with Crippen molar-refractivity contribution in [2.24, 2.45) is 11.3 Å². The number of piperidine rings is 1. The van der Waals surface area contributed by atoms with Crippen molar-refractivity contribution in [3.63, 3.8) is 0 Å². The second-order valence-corrected chi connectivity index (χ2v) is 15.4. The van der Waals surface area contributed by atoms with Gasteiger partial charge >= 0.3 is 0 Å². The lowest BCUT2D eigenvalue weighted by Gasteiger charge is -2.58. The molecular formula is C33H40Cl2N10O. The van der Waals surface area contributed by atoms with Gasteiger partial charge in [-0.25, -0.2) is 0 Å². The van der Waals surface area contributed by atoms with Gasteiger partial charge in [0.1, 0.15) is 12.2 Å². The first-order valence-corrected chi connectivity index (χ1v) is 17.0. The lowest BCUT2D eigenvalue weighted by atomic mass is 9.60. The van der Waals surface area contributed by atoms with Crippen LogP contribution in [0.15, 0.2) is 31.2 Å². The lowest BCUT2D eigenvalue weighted by Crippen LogP contribution is -2.63. The van der Waals surface area contributed by atoms with Gasteiger partial charge in [-0.15, -0.1) is 10.2 Å². The van der Waals surface area contributed by atoms with E-state index < -0.39 is 0 Å². The van der Waals surface area contributed by atoms with Gasteiger partial charge in [-0.2, -0.15) is 10.2 Å². The number of likely N-dealkylation sites (tertiary alicyclic amines) is 1. The molecule has 11 nitrogen and oxygen atoms in total. The number of H-pyrrole nitrogens is 1. The first-order chi connectivity index (χ1) is 22.1. The molecule has 0 bridgehead atoms. The van der Waals surface area contributed by atoms with Crippen molar-refractivity contribution < 1.29 is 4.79 Å². The van der Waals surface area contributed by atoms with Crippen LogP contribution in [0.25, 0.3) is 22.0 Å². The van der Waals surface area contributed by atoms with E-state index in [0.29, 0.717) is 16.0 Å². The van der Waals surface area contributed by atoms with E-state index in [1.54, 1.807) is 0 Å². The average Bonchev–Trinajstić information content (AvgIpc) is 3.71. The smallest absolute Gasteiger partial charge is 0.245 e. The summed E-state index contributed by atoms with van der Waals surface area (Å²) in [6.07, 6.45) is 9.19. The van der Waals surface area contributed by atoms with Crippen LogP contribution in [-0.2, 0) is 17.9 Å². The standard InChI is InChI=1S/C33H40Cl2N10O/c1-5-27(46)43-17-33(18-43)12-22(13-33)45-20(2)28(29-23-14-36-38-25(23)10-24(34)30(29)35)31(40-45)44-7-6-21(11-32(44,3)4)15-41-8-9-42-19-37-39-26(42)16-41/h5,10,14,19,21-22H,1,6-9,11-13,15-18H2,2-4H3,(H,36,38)/t21-/m1/s1. The number of nitrogens with zero attached hydrogens (tertiary/aromatic N) is 9. The minimum atomic E-state index is -0.139. The fourth-order valence-electron chi connectivity index (χ4n) is 8.76. The molecule has 2 saturated heterocycles. The van der Waals surface area contributed by atoms with E-state index in [0.717, 1.165) is 111 Å². The van der Waals surface area contributed by atoms with Crippen molar-refractivity contribution in [3.05, 3.63) is 52.8 Å². The number of aromatic nitrogens is 7. The summed E-state index contributed by atoms with van der Waals surface area (Å²) in [5.74, 6) is 2.59. The Kier molecular flexibility index (Phi) is 7.04. The Morgan fingerprint density at radius 3 is 2.72 bits per heavy atom. The number of anilines is 1. The molecule has 0 unspecified atom stereocenters. The van der Waals surface area contributed by atoms with Crippen LogP contribution in [0.2, 0.25) is 10.0 Å². The van der Waals surface area contributed by atoms with E-state index in [1.165, 1.54) is 6.08 Å². The summed E-state index contributed by atoms with van der Waals surface area (Å²) in [6.45, 7) is 16.8. The molecule has 1 N–H and O–H groups in total. The Hall–Kier alpha value is -3.41. The van der Waals surface area contributed by atoms with Crippen LogP contribution in [0, 0.1) is 18.3 Å². The van der Waals surface area contributed by atoms with Crippen molar-refractivity contribution >= 4 is 45.8 Å². The molecule has 8 rings (SSSR count). The van der Waals surface area contributed by atoms with Crippen molar-refractivity contribution in [2.75, 3.05) is 37.6 Å². The molecule has 3 fully saturated rings. The highest BCUT2D eigenvalue weighted by molar-refractivity contribution is 6.45. The molecule has 3 aliphatic heterocycles. The zero-order valence-corrected chi connectivity index (χ0v) is 28.2. The molecule has 6 heterocycles. The van der Waals surface area contributed by atoms with Gasteiger partial charge in [-0.1, -0.05) is 29.8 Å². The molecule has 1 saturated carbocycles. The van der Waals surface area contributed by atoms with E-state index in [1.807, 2.05) is 23.5 Å². The largest absolute Gasteiger partial charge is 0.349 e. The predicted octanol–water partition coefficient (Wildman–Crippen LogP) is 5.49. The maximum Gasteiger partial charge on any atom is 0.245 e. The number of halogens is 2. The highest BCUT2D eigenvalue weighted by Gasteiger charge is 2.54. The lowest BCUT2D eigenvalue weighted by molar-refractivity contribution is -0.149. The molecule has 1 aromatic carbocycles. The number of fused-ring (bicyclic) bond motifs is 2. The van der Waals surface area contributed by atoms with Gasteiger partial charge in [-0.05, 0) is 64.5 Å². The molecule has 4 aromatic rings. The molecule has 1 aliphatic carbocycles. The van der Waals surface area contributed by atoms with Gasteiger partial charge in [0.2, 0.25) is 5.91 Å². The number of carbonyl (C=O) groups is 1. The quantitative estimate of drug-likeness (QED) is 0.272. The number of amides is 1. The van der Waals surface area contributed by atoms with Gasteiger partial charge in [0, 0.05) is 72.4 Å². The predicted molar refractivity (Wildman–Crippen MR) is 179 cm³/mol. The van der Waals surface area contributed by atoms with Crippen LogP contribution < -0.4 is 4.90 Å². The monoisotopic (exact) mass is 662 g/mol. The van der Waals surface area contributed by atoms with Gasteiger partial charge in [0.05, 0.1) is 34.3 Å². The first-order valence-electron chi connectivity index (χ1n) is 16.2.